The summed E-state index contributed by atoms with van der Waals surface area (Å²) in [6, 6.07) is -1.25. The molecule has 5 N–H and O–H groups in total. The second kappa shape index (κ2) is 9.29. The van der Waals surface area contributed by atoms with Crippen LogP contribution in [-0.4, -0.2) is 72.1 Å². The van der Waals surface area contributed by atoms with Gasteiger partial charge < -0.3 is 31.4 Å². The highest BCUT2D eigenvalue weighted by Crippen LogP contribution is 2.35. The van der Waals surface area contributed by atoms with E-state index < -0.39 is 29.9 Å². The number of carbonyl (C=O) groups excluding carboxylic acids is 1. The Kier molecular flexibility index (Phi) is 7.73. The maximum absolute atomic E-state index is 12.4. The molecule has 0 aromatic rings. The van der Waals surface area contributed by atoms with Crippen LogP contribution in [0.5, 0.6) is 0 Å². The lowest BCUT2D eigenvalue weighted by Gasteiger charge is -2.37. The van der Waals surface area contributed by atoms with Crippen molar-refractivity contribution in [3.63, 3.8) is 0 Å². The maximum Gasteiger partial charge on any atom is 0.411 e. The Hall–Kier alpha value is -2.06. The van der Waals surface area contributed by atoms with Crippen LogP contribution in [0.3, 0.4) is 0 Å². The number of hydrogen-bond donors (Lipinski definition) is 4. The van der Waals surface area contributed by atoms with Gasteiger partial charge in [0.1, 0.15) is 6.10 Å². The van der Waals surface area contributed by atoms with E-state index in [2.05, 4.69) is 18.3 Å². The van der Waals surface area contributed by atoms with E-state index in [1.54, 1.807) is 6.08 Å². The molecular weight excluding hydrogens is 310 g/mol. The van der Waals surface area contributed by atoms with Crippen molar-refractivity contribution in [2.45, 2.75) is 49.5 Å². The van der Waals surface area contributed by atoms with Gasteiger partial charge in [0.15, 0.2) is 5.60 Å². The van der Waals surface area contributed by atoms with Gasteiger partial charge in [-0.3, -0.25) is 4.90 Å². The van der Waals surface area contributed by atoms with Crippen LogP contribution < -0.4 is 5.73 Å². The third-order valence-electron chi connectivity index (χ3n) is 4.19. The average Bonchev–Trinajstić information content (AvgIpc) is 2.85. The number of carbonyl (C=O) groups is 1. The summed E-state index contributed by atoms with van der Waals surface area (Å²) >= 11 is 0. The van der Waals surface area contributed by atoms with Crippen LogP contribution in [0.1, 0.15) is 25.7 Å². The molecule has 1 fully saturated rings. The second-order valence-corrected chi connectivity index (χ2v) is 5.80. The zero-order chi connectivity index (χ0) is 18.2. The normalized spacial score (nSPS) is 25.7. The molecule has 0 saturated carbocycles. The summed E-state index contributed by atoms with van der Waals surface area (Å²) in [7, 11) is 0. The van der Waals surface area contributed by atoms with Crippen molar-refractivity contribution >= 4 is 25.2 Å². The number of hydrogen-bond acceptors (Lipinski definition) is 7. The summed E-state index contributed by atoms with van der Waals surface area (Å²) in [5, 5.41) is 25.4. The highest BCUT2D eigenvalue weighted by Gasteiger charge is 2.58. The molecule has 1 amide bonds. The van der Waals surface area contributed by atoms with Crippen LogP contribution in [0.2, 0.25) is 0 Å². The van der Waals surface area contributed by atoms with Crippen molar-refractivity contribution in [3.8, 4) is 0 Å². The number of cyclic esters (lactones) is 1. The van der Waals surface area contributed by atoms with Crippen LogP contribution in [0, 0.1) is 10.8 Å². The fraction of sp³-hybridized carbons (Fsp3) is 0.625. The Balaban J connectivity index is 3.10. The molecule has 1 heterocycles. The Morgan fingerprint density at radius 2 is 2.17 bits per heavy atom. The molecule has 0 aromatic heterocycles. The predicted molar refractivity (Wildman–Crippen MR) is 94.3 cm³/mol. The Morgan fingerprint density at radius 1 is 1.46 bits per heavy atom. The van der Waals surface area contributed by atoms with Crippen molar-refractivity contribution in [1.82, 2.24) is 4.90 Å². The van der Waals surface area contributed by atoms with E-state index in [0.29, 0.717) is 25.9 Å². The van der Waals surface area contributed by atoms with E-state index in [4.69, 9.17) is 21.3 Å². The molecule has 0 radical (unpaired) electrons. The fourth-order valence-corrected chi connectivity index (χ4v) is 3.02. The quantitative estimate of drug-likeness (QED) is 0.240. The van der Waals surface area contributed by atoms with Crippen molar-refractivity contribution in [1.29, 1.82) is 10.8 Å². The molecular formula is C16H27N5O3. The molecule has 0 unspecified atom stereocenters. The van der Waals surface area contributed by atoms with Gasteiger partial charge in [0.25, 0.3) is 0 Å². The predicted octanol–water partition coefficient (Wildman–Crippen LogP) is 0.980. The first-order valence-electron chi connectivity index (χ1n) is 7.95. The summed E-state index contributed by atoms with van der Waals surface area (Å²) in [5.41, 5.74) is 4.65. The molecule has 0 aromatic carbocycles. The van der Waals surface area contributed by atoms with Gasteiger partial charge in [0.05, 0.1) is 6.04 Å². The summed E-state index contributed by atoms with van der Waals surface area (Å²) < 4.78 is 5.40. The molecule has 1 aliphatic rings. The van der Waals surface area contributed by atoms with Gasteiger partial charge in [-0.05, 0) is 32.2 Å². The van der Waals surface area contributed by atoms with Crippen LogP contribution in [0.4, 0.5) is 4.79 Å². The van der Waals surface area contributed by atoms with E-state index in [1.165, 1.54) is 4.90 Å². The van der Waals surface area contributed by atoms with E-state index in [9.17, 15) is 9.90 Å². The second-order valence-electron chi connectivity index (χ2n) is 5.80. The van der Waals surface area contributed by atoms with Crippen molar-refractivity contribution in [2.75, 3.05) is 13.1 Å². The first-order chi connectivity index (χ1) is 11.5. The molecule has 0 spiro atoms. The van der Waals surface area contributed by atoms with E-state index in [1.807, 2.05) is 0 Å². The minimum atomic E-state index is -1.56. The van der Waals surface area contributed by atoms with Crippen molar-refractivity contribution in [3.05, 3.63) is 12.7 Å². The molecule has 134 valence electrons. The molecule has 1 rings (SSSR count). The molecule has 0 aliphatic carbocycles. The molecule has 8 nitrogen and oxygen atoms in total. The third-order valence-corrected chi connectivity index (χ3v) is 4.19. The van der Waals surface area contributed by atoms with Crippen LogP contribution >= 0.6 is 0 Å². The van der Waals surface area contributed by atoms with Crippen LogP contribution in [-0.2, 0) is 4.74 Å². The minimum absolute atomic E-state index is 0.0335. The summed E-state index contributed by atoms with van der Waals surface area (Å²) in [4.78, 5) is 17.6. The summed E-state index contributed by atoms with van der Waals surface area (Å²) in [6.07, 6.45) is 3.57. The Labute approximate surface area is 142 Å². The van der Waals surface area contributed by atoms with Crippen LogP contribution in [0.25, 0.3) is 0 Å². The number of nitrogens with one attached hydrogen (secondary N) is 2. The standard InChI is InChI=1S/C16H27N5O3/c1-3-6-12(19)14-16(11-18,13(22)7-8-17)24-15(23)21(14)10-5-4-9-20-2/h3,8,11-14,17-18,22H,1-2,4-7,9-10,19H2/t12-,13-,14-,16-/m1/s1. The summed E-state index contributed by atoms with van der Waals surface area (Å²) in [5.74, 6) is 0. The monoisotopic (exact) mass is 337 g/mol. The van der Waals surface area contributed by atoms with E-state index >= 15 is 0 Å². The minimum Gasteiger partial charge on any atom is -0.432 e. The first-order valence-corrected chi connectivity index (χ1v) is 7.95. The van der Waals surface area contributed by atoms with Gasteiger partial charge in [-0.1, -0.05) is 6.08 Å². The number of aliphatic imine (C=N–C) groups is 1. The molecule has 4 atom stereocenters. The van der Waals surface area contributed by atoms with Gasteiger partial charge >= 0.3 is 6.09 Å². The van der Waals surface area contributed by atoms with Crippen molar-refractivity contribution in [2.24, 2.45) is 10.7 Å². The zero-order valence-electron chi connectivity index (χ0n) is 13.9. The van der Waals surface area contributed by atoms with Crippen molar-refractivity contribution < 1.29 is 14.6 Å². The highest BCUT2D eigenvalue weighted by atomic mass is 16.6. The van der Waals surface area contributed by atoms with Crippen LogP contribution in [0.15, 0.2) is 17.6 Å². The molecule has 24 heavy (non-hydrogen) atoms. The Morgan fingerprint density at radius 3 is 2.71 bits per heavy atom. The largest absolute Gasteiger partial charge is 0.432 e. The lowest BCUT2D eigenvalue weighted by molar-refractivity contribution is -0.0215. The van der Waals surface area contributed by atoms with Gasteiger partial charge in [-0.15, -0.1) is 6.58 Å². The van der Waals surface area contributed by atoms with E-state index in [0.717, 1.165) is 18.9 Å². The van der Waals surface area contributed by atoms with Gasteiger partial charge in [-0.2, -0.15) is 0 Å². The van der Waals surface area contributed by atoms with Gasteiger partial charge in [0, 0.05) is 31.8 Å². The molecule has 8 heteroatoms. The number of aliphatic hydroxyl groups excluding tert-OH is 1. The number of nitrogens with zero attached hydrogens (tertiary/aromatic N) is 2. The molecule has 1 aliphatic heterocycles. The SMILES string of the molecule is C=CC[C@@H](N)[C@H]1N(CCCCN=C)C(=O)O[C@]1(C=N)[C@H](O)CC=N. The van der Waals surface area contributed by atoms with Gasteiger partial charge in [0.2, 0.25) is 0 Å². The number of amides is 1. The summed E-state index contributed by atoms with van der Waals surface area (Å²) in [6.45, 7) is 8.06. The number of aliphatic hydroxyl groups is 1. The number of unbranched alkanes of at least 4 members (excludes halogenated alkanes) is 1. The number of nitrogens with two attached hydrogens (primary N) is 1. The number of ether oxygens (including phenoxy) is 1. The number of rotatable bonds is 12. The molecule has 0 bridgehead atoms. The van der Waals surface area contributed by atoms with Gasteiger partial charge in [-0.25, -0.2) is 4.79 Å². The first kappa shape index (κ1) is 20.0. The third kappa shape index (κ3) is 4.07. The lowest BCUT2D eigenvalue weighted by Crippen LogP contribution is -2.61. The molecule has 1 saturated heterocycles. The zero-order valence-corrected chi connectivity index (χ0v) is 13.9. The fourth-order valence-electron chi connectivity index (χ4n) is 3.02. The topological polar surface area (TPSA) is 136 Å². The highest BCUT2D eigenvalue weighted by molar-refractivity contribution is 5.82. The smallest absolute Gasteiger partial charge is 0.411 e. The maximum atomic E-state index is 12.4. The van der Waals surface area contributed by atoms with E-state index in [-0.39, 0.29) is 6.42 Å². The lowest BCUT2D eigenvalue weighted by atomic mass is 9.82. The Bertz CT molecular complexity index is 484. The average molecular weight is 337 g/mol.